The van der Waals surface area contributed by atoms with Gasteiger partial charge in [-0.05, 0) is 53.8 Å². The molecular weight excluding hydrogens is 484 g/mol. The number of rotatable bonds is 6. The van der Waals surface area contributed by atoms with Crippen LogP contribution in [0.25, 0.3) is 0 Å². The van der Waals surface area contributed by atoms with Gasteiger partial charge in [0.15, 0.2) is 0 Å². The Kier molecular flexibility index (Phi) is 6.88. The summed E-state index contributed by atoms with van der Waals surface area (Å²) in [6, 6.07) is 17.8. The molecule has 3 aromatic rings. The van der Waals surface area contributed by atoms with E-state index in [4.69, 9.17) is 4.74 Å². The van der Waals surface area contributed by atoms with E-state index in [1.165, 1.54) is 0 Å². The van der Waals surface area contributed by atoms with Crippen LogP contribution >= 0.6 is 0 Å². The first-order chi connectivity index (χ1) is 16.9. The average molecular weight is 507 g/mol. The molecule has 0 bridgehead atoms. The second kappa shape index (κ2) is 9.61. The fraction of sp³-hybridized carbons (Fsp3) is 0.296. The zero-order valence-corrected chi connectivity index (χ0v) is 19.2. The molecule has 1 N–H and O–H groups in total. The predicted octanol–water partition coefficient (Wildman–Crippen LogP) is 6.75. The number of amides is 1. The van der Waals surface area contributed by atoms with Crippen LogP contribution in [0.4, 0.5) is 26.3 Å². The molecule has 9 heteroatoms. The van der Waals surface area contributed by atoms with Crippen molar-refractivity contribution >= 4 is 5.91 Å². The summed E-state index contributed by atoms with van der Waals surface area (Å²) in [5.74, 6) is -0.712. The topological polar surface area (TPSA) is 38.3 Å². The first-order valence-electron chi connectivity index (χ1n) is 11.2. The van der Waals surface area contributed by atoms with Gasteiger partial charge in [-0.3, -0.25) is 4.79 Å². The van der Waals surface area contributed by atoms with E-state index in [9.17, 15) is 31.1 Å². The minimum absolute atomic E-state index is 0.0823. The van der Waals surface area contributed by atoms with Crippen molar-refractivity contribution in [3.63, 3.8) is 0 Å². The minimum atomic E-state index is -4.94. The number of ether oxygens (including phenoxy) is 1. The maximum absolute atomic E-state index is 13.2. The van der Waals surface area contributed by atoms with Crippen LogP contribution in [0.15, 0.2) is 72.8 Å². The van der Waals surface area contributed by atoms with Gasteiger partial charge in [0.2, 0.25) is 5.91 Å². The van der Waals surface area contributed by atoms with Crippen LogP contribution in [-0.2, 0) is 34.0 Å². The lowest BCUT2D eigenvalue weighted by molar-refractivity contribution is -0.143. The third kappa shape index (κ3) is 5.41. The van der Waals surface area contributed by atoms with E-state index < -0.39 is 41.5 Å². The van der Waals surface area contributed by atoms with E-state index in [1.807, 2.05) is 31.2 Å². The van der Waals surface area contributed by atoms with E-state index in [0.717, 1.165) is 16.7 Å². The molecule has 2 atom stereocenters. The molecule has 0 saturated carbocycles. The predicted molar refractivity (Wildman–Crippen MR) is 121 cm³/mol. The largest absolute Gasteiger partial charge is 0.416 e. The summed E-state index contributed by atoms with van der Waals surface area (Å²) in [6.45, 7) is 1.27. The molecule has 1 aliphatic heterocycles. The smallest absolute Gasteiger partial charge is 0.374 e. The molecule has 3 aromatic carbocycles. The normalized spacial score (nSPS) is 20.4. The molecule has 1 amide bonds. The molecule has 0 spiro atoms. The van der Waals surface area contributed by atoms with Gasteiger partial charge in [-0.1, -0.05) is 54.6 Å². The van der Waals surface area contributed by atoms with Crippen molar-refractivity contribution in [2.75, 3.05) is 6.61 Å². The number of halogens is 6. The highest BCUT2D eigenvalue weighted by Crippen LogP contribution is 2.41. The molecule has 1 aliphatic rings. The van der Waals surface area contributed by atoms with Gasteiger partial charge in [-0.15, -0.1) is 0 Å². The molecular formula is C27H23F6NO2. The van der Waals surface area contributed by atoms with Crippen molar-refractivity contribution < 1.29 is 35.9 Å². The van der Waals surface area contributed by atoms with E-state index >= 15 is 0 Å². The van der Waals surface area contributed by atoms with E-state index in [-0.39, 0.29) is 24.1 Å². The SMILES string of the molecule is Cc1ccccc1C1C[C@@](COCc2cc(C(F)(F)F)cc(C(F)(F)F)c2)(c2ccccc2)NC1=O. The van der Waals surface area contributed by atoms with Crippen LogP contribution in [0, 0.1) is 6.92 Å². The second-order valence-electron chi connectivity index (χ2n) is 8.96. The standard InChI is InChI=1S/C27H23F6NO2/c1-17-7-5-6-10-22(17)23-14-25(34-24(23)35,19-8-3-2-4-9-19)16-36-15-18-11-20(26(28,29)30)13-21(12-18)27(31,32)33/h2-13,23H,14-16H2,1H3,(H,34,35)/t23?,25-/m1/s1. The maximum atomic E-state index is 13.2. The maximum Gasteiger partial charge on any atom is 0.416 e. The number of alkyl halides is 6. The molecule has 190 valence electrons. The Hall–Kier alpha value is -3.33. The number of carbonyl (C=O) groups excluding carboxylic acids is 1. The zero-order valence-electron chi connectivity index (χ0n) is 19.2. The molecule has 1 unspecified atom stereocenters. The fourth-order valence-corrected chi connectivity index (χ4v) is 4.62. The third-order valence-corrected chi connectivity index (χ3v) is 6.39. The molecule has 1 saturated heterocycles. The number of benzene rings is 3. The van der Waals surface area contributed by atoms with Crippen molar-refractivity contribution in [3.8, 4) is 0 Å². The van der Waals surface area contributed by atoms with Crippen molar-refractivity contribution in [1.82, 2.24) is 5.32 Å². The lowest BCUT2D eigenvalue weighted by atomic mass is 9.83. The summed E-state index contributed by atoms with van der Waals surface area (Å²) in [4.78, 5) is 13.0. The Morgan fingerprint density at radius 3 is 2.06 bits per heavy atom. The van der Waals surface area contributed by atoms with Crippen LogP contribution in [0.2, 0.25) is 0 Å². The first-order valence-corrected chi connectivity index (χ1v) is 11.2. The van der Waals surface area contributed by atoms with Gasteiger partial charge in [-0.25, -0.2) is 0 Å². The highest BCUT2D eigenvalue weighted by atomic mass is 19.4. The Labute approximate surface area is 204 Å². The van der Waals surface area contributed by atoms with E-state index in [1.54, 1.807) is 30.3 Å². The molecule has 3 nitrogen and oxygen atoms in total. The third-order valence-electron chi connectivity index (χ3n) is 6.39. The number of carbonyl (C=O) groups is 1. The van der Waals surface area contributed by atoms with Crippen molar-refractivity contribution in [2.45, 2.75) is 43.8 Å². The van der Waals surface area contributed by atoms with Gasteiger partial charge >= 0.3 is 12.4 Å². The van der Waals surface area contributed by atoms with Crippen LogP contribution in [-0.4, -0.2) is 12.5 Å². The van der Waals surface area contributed by atoms with Gasteiger partial charge in [0.1, 0.15) is 0 Å². The number of hydrogen-bond donors (Lipinski definition) is 1. The summed E-state index contributed by atoms with van der Waals surface area (Å²) in [6.07, 6.45) is -9.57. The van der Waals surface area contributed by atoms with Crippen molar-refractivity contribution in [2.24, 2.45) is 0 Å². The molecule has 0 radical (unpaired) electrons. The van der Waals surface area contributed by atoms with Crippen LogP contribution < -0.4 is 5.32 Å². The van der Waals surface area contributed by atoms with Gasteiger partial charge in [0.05, 0.1) is 35.8 Å². The quantitative estimate of drug-likeness (QED) is 0.375. The Bertz CT molecular complexity index is 1210. The molecule has 1 heterocycles. The Balaban J connectivity index is 1.61. The number of nitrogens with one attached hydrogen (secondary N) is 1. The molecule has 4 rings (SSSR count). The first kappa shape index (κ1) is 25.8. The summed E-state index contributed by atoms with van der Waals surface area (Å²) < 4.78 is 85.0. The van der Waals surface area contributed by atoms with Crippen molar-refractivity contribution in [3.05, 3.63) is 106 Å². The fourth-order valence-electron chi connectivity index (χ4n) is 4.62. The Morgan fingerprint density at radius 2 is 1.47 bits per heavy atom. The lowest BCUT2D eigenvalue weighted by Gasteiger charge is -2.30. The number of hydrogen-bond acceptors (Lipinski definition) is 2. The number of aryl methyl sites for hydroxylation is 1. The van der Waals surface area contributed by atoms with Gasteiger partial charge in [0, 0.05) is 0 Å². The molecule has 36 heavy (non-hydrogen) atoms. The summed E-state index contributed by atoms with van der Waals surface area (Å²) >= 11 is 0. The molecule has 1 fully saturated rings. The molecule has 0 aliphatic carbocycles. The highest BCUT2D eigenvalue weighted by molar-refractivity contribution is 5.87. The van der Waals surface area contributed by atoms with Gasteiger partial charge in [0.25, 0.3) is 0 Å². The summed E-state index contributed by atoms with van der Waals surface area (Å²) in [7, 11) is 0. The van der Waals surface area contributed by atoms with E-state index in [0.29, 0.717) is 18.6 Å². The summed E-state index contributed by atoms with van der Waals surface area (Å²) in [5.41, 5.74) is -1.55. The lowest BCUT2D eigenvalue weighted by Crippen LogP contribution is -2.43. The van der Waals surface area contributed by atoms with Gasteiger partial charge < -0.3 is 10.1 Å². The second-order valence-corrected chi connectivity index (χ2v) is 8.96. The minimum Gasteiger partial charge on any atom is -0.374 e. The Morgan fingerprint density at radius 1 is 0.889 bits per heavy atom. The van der Waals surface area contributed by atoms with Crippen molar-refractivity contribution in [1.29, 1.82) is 0 Å². The zero-order chi connectivity index (χ0) is 26.1. The van der Waals surface area contributed by atoms with Crippen LogP contribution in [0.5, 0.6) is 0 Å². The van der Waals surface area contributed by atoms with Gasteiger partial charge in [-0.2, -0.15) is 26.3 Å². The highest BCUT2D eigenvalue weighted by Gasteiger charge is 2.46. The van der Waals surface area contributed by atoms with Crippen LogP contribution in [0.1, 0.15) is 45.7 Å². The summed E-state index contributed by atoms with van der Waals surface area (Å²) in [5, 5.41) is 2.99. The monoisotopic (exact) mass is 507 g/mol. The van der Waals surface area contributed by atoms with E-state index in [2.05, 4.69) is 5.32 Å². The molecule has 0 aromatic heterocycles. The average Bonchev–Trinajstić information content (AvgIpc) is 3.16. The van der Waals surface area contributed by atoms with Crippen LogP contribution in [0.3, 0.4) is 0 Å².